The molecule has 5 nitrogen and oxygen atoms in total. The zero-order valence-electron chi connectivity index (χ0n) is 6.48. The Hall–Kier alpha value is -2.04. The van der Waals surface area contributed by atoms with Crippen LogP contribution < -0.4 is 5.56 Å². The molecule has 2 aromatic rings. The molecule has 0 aliphatic heterocycles. The molecular formula is C8H6N2O3. The van der Waals surface area contributed by atoms with Crippen molar-refractivity contribution in [2.45, 2.75) is 0 Å². The van der Waals surface area contributed by atoms with Crippen LogP contribution in [0.25, 0.3) is 10.8 Å². The number of phenolic OH excluding ortho intramolecular Hbond substituents is 1. The quantitative estimate of drug-likeness (QED) is 0.542. The summed E-state index contributed by atoms with van der Waals surface area (Å²) in [6.07, 6.45) is 0. The van der Waals surface area contributed by atoms with Crippen LogP contribution in [0.15, 0.2) is 23.0 Å². The lowest BCUT2D eigenvalue weighted by molar-refractivity contribution is 0.449. The van der Waals surface area contributed by atoms with Crippen molar-refractivity contribution >= 4 is 10.8 Å². The van der Waals surface area contributed by atoms with Crippen molar-refractivity contribution in [3.05, 3.63) is 28.6 Å². The molecule has 0 atom stereocenters. The minimum atomic E-state index is -0.522. The minimum absolute atomic E-state index is 0.0509. The molecule has 0 saturated carbocycles. The number of aromatic amines is 1. The summed E-state index contributed by atoms with van der Waals surface area (Å²) < 4.78 is 0. The van der Waals surface area contributed by atoms with Crippen LogP contribution in [0.5, 0.6) is 11.6 Å². The van der Waals surface area contributed by atoms with Crippen LogP contribution >= 0.6 is 0 Å². The standard InChI is InChI=1S/C8H6N2O3/c11-5-3-1-2-4-6(5)8(13)10-9-7(4)12/h1-3,11H,(H,9,12)(H,10,13). The smallest absolute Gasteiger partial charge is 0.276 e. The summed E-state index contributed by atoms with van der Waals surface area (Å²) in [6, 6.07) is 4.40. The van der Waals surface area contributed by atoms with E-state index in [0.717, 1.165) is 0 Å². The van der Waals surface area contributed by atoms with Gasteiger partial charge in [-0.1, -0.05) is 6.07 Å². The van der Waals surface area contributed by atoms with Crippen molar-refractivity contribution in [1.82, 2.24) is 10.2 Å². The number of benzene rings is 1. The van der Waals surface area contributed by atoms with Gasteiger partial charge >= 0.3 is 0 Å². The van der Waals surface area contributed by atoms with Gasteiger partial charge < -0.3 is 10.2 Å². The number of hydrogen-bond donors (Lipinski definition) is 3. The van der Waals surface area contributed by atoms with Crippen LogP contribution in [0.4, 0.5) is 0 Å². The number of aromatic nitrogens is 2. The van der Waals surface area contributed by atoms with E-state index in [4.69, 9.17) is 0 Å². The first-order valence-electron chi connectivity index (χ1n) is 3.59. The molecule has 0 spiro atoms. The van der Waals surface area contributed by atoms with Crippen LogP contribution in [0, 0.1) is 0 Å². The molecule has 0 fully saturated rings. The maximum absolute atomic E-state index is 11.2. The normalized spacial score (nSPS) is 10.5. The lowest BCUT2D eigenvalue weighted by Crippen LogP contribution is -2.07. The van der Waals surface area contributed by atoms with E-state index in [0.29, 0.717) is 0 Å². The predicted molar refractivity (Wildman–Crippen MR) is 45.7 cm³/mol. The van der Waals surface area contributed by atoms with E-state index in [1.165, 1.54) is 18.2 Å². The molecule has 5 heteroatoms. The van der Waals surface area contributed by atoms with Crippen LogP contribution in [0.1, 0.15) is 0 Å². The zero-order valence-corrected chi connectivity index (χ0v) is 6.48. The highest BCUT2D eigenvalue weighted by Crippen LogP contribution is 2.24. The maximum atomic E-state index is 11.2. The average Bonchev–Trinajstić information content (AvgIpc) is 2.12. The van der Waals surface area contributed by atoms with E-state index >= 15 is 0 Å². The number of rotatable bonds is 0. The fourth-order valence-electron chi connectivity index (χ4n) is 1.18. The molecule has 3 N–H and O–H groups in total. The summed E-state index contributed by atoms with van der Waals surface area (Å²) in [5.74, 6) is -0.470. The summed E-state index contributed by atoms with van der Waals surface area (Å²) in [4.78, 5) is 11.2. The molecule has 1 aromatic carbocycles. The van der Waals surface area contributed by atoms with Crippen molar-refractivity contribution < 1.29 is 10.2 Å². The van der Waals surface area contributed by atoms with E-state index in [2.05, 4.69) is 10.2 Å². The van der Waals surface area contributed by atoms with Gasteiger partial charge in [0, 0.05) is 0 Å². The van der Waals surface area contributed by atoms with E-state index in [1.54, 1.807) is 0 Å². The lowest BCUT2D eigenvalue weighted by Gasteiger charge is -1.99. The third kappa shape index (κ3) is 1.01. The Balaban J connectivity index is 3.09. The first-order valence-corrected chi connectivity index (χ1v) is 3.59. The molecule has 0 amide bonds. The Kier molecular flexibility index (Phi) is 1.45. The number of fused-ring (bicyclic) bond motifs is 1. The highest BCUT2D eigenvalue weighted by atomic mass is 16.3. The Morgan fingerprint density at radius 1 is 1.31 bits per heavy atom. The molecule has 13 heavy (non-hydrogen) atoms. The second kappa shape index (κ2) is 2.48. The third-order valence-corrected chi connectivity index (χ3v) is 1.77. The fraction of sp³-hybridized carbons (Fsp3) is 0. The second-order valence-electron chi connectivity index (χ2n) is 2.58. The monoisotopic (exact) mass is 178 g/mol. The van der Waals surface area contributed by atoms with Gasteiger partial charge in [-0.2, -0.15) is 0 Å². The van der Waals surface area contributed by atoms with Gasteiger partial charge in [-0.15, -0.1) is 5.10 Å². The summed E-state index contributed by atoms with van der Waals surface area (Å²) >= 11 is 0. The first-order chi connectivity index (χ1) is 6.20. The topological polar surface area (TPSA) is 86.2 Å². The molecule has 0 aliphatic carbocycles. The molecule has 0 aliphatic rings. The fourth-order valence-corrected chi connectivity index (χ4v) is 1.18. The van der Waals surface area contributed by atoms with Crippen molar-refractivity contribution in [1.29, 1.82) is 0 Å². The number of phenols is 1. The average molecular weight is 178 g/mol. The Labute approximate surface area is 72.3 Å². The lowest BCUT2D eigenvalue weighted by atomic mass is 10.2. The number of hydrogen-bond acceptors (Lipinski definition) is 4. The molecular weight excluding hydrogens is 172 g/mol. The van der Waals surface area contributed by atoms with Gasteiger partial charge in [-0.3, -0.25) is 4.79 Å². The first kappa shape index (κ1) is 7.60. The molecule has 2 rings (SSSR count). The SMILES string of the molecule is O=c1[nH]nc(O)c2cccc(O)c12. The summed E-state index contributed by atoms with van der Waals surface area (Å²) in [7, 11) is 0. The van der Waals surface area contributed by atoms with Crippen LogP contribution in [0.2, 0.25) is 0 Å². The van der Waals surface area contributed by atoms with Crippen LogP contribution in [-0.2, 0) is 0 Å². The van der Waals surface area contributed by atoms with Crippen LogP contribution in [-0.4, -0.2) is 20.4 Å². The Bertz CT molecular complexity index is 518. The van der Waals surface area contributed by atoms with Gasteiger partial charge in [-0.25, -0.2) is 5.10 Å². The molecule has 0 bridgehead atoms. The number of nitrogens with one attached hydrogen (secondary N) is 1. The summed E-state index contributed by atoms with van der Waals surface area (Å²) in [5, 5.41) is 24.3. The highest BCUT2D eigenvalue weighted by molar-refractivity contribution is 5.90. The summed E-state index contributed by atoms with van der Waals surface area (Å²) in [5.41, 5.74) is -0.522. The highest BCUT2D eigenvalue weighted by Gasteiger charge is 2.07. The van der Waals surface area contributed by atoms with Crippen molar-refractivity contribution in [2.75, 3.05) is 0 Å². The molecule has 66 valence electrons. The Morgan fingerprint density at radius 2 is 2.08 bits per heavy atom. The van der Waals surface area contributed by atoms with Gasteiger partial charge in [0.15, 0.2) is 0 Å². The maximum Gasteiger partial charge on any atom is 0.276 e. The summed E-state index contributed by atoms with van der Waals surface area (Å²) in [6.45, 7) is 0. The van der Waals surface area contributed by atoms with Crippen molar-refractivity contribution in [2.24, 2.45) is 0 Å². The van der Waals surface area contributed by atoms with E-state index in [-0.39, 0.29) is 22.4 Å². The Morgan fingerprint density at radius 3 is 2.77 bits per heavy atom. The van der Waals surface area contributed by atoms with Crippen LogP contribution in [0.3, 0.4) is 0 Å². The van der Waals surface area contributed by atoms with Crippen molar-refractivity contribution in [3.8, 4) is 11.6 Å². The third-order valence-electron chi connectivity index (χ3n) is 1.77. The predicted octanol–water partition coefficient (Wildman–Crippen LogP) is 0.334. The molecule has 0 saturated heterocycles. The van der Waals surface area contributed by atoms with Gasteiger partial charge in [0.05, 0.1) is 10.8 Å². The molecule has 1 heterocycles. The second-order valence-corrected chi connectivity index (χ2v) is 2.58. The minimum Gasteiger partial charge on any atom is -0.507 e. The van der Waals surface area contributed by atoms with E-state index in [1.807, 2.05) is 0 Å². The van der Waals surface area contributed by atoms with Gasteiger partial charge in [0.1, 0.15) is 5.75 Å². The zero-order chi connectivity index (χ0) is 9.42. The molecule has 1 aromatic heterocycles. The van der Waals surface area contributed by atoms with Gasteiger partial charge in [0.2, 0.25) is 5.88 Å². The number of H-pyrrole nitrogens is 1. The molecule has 0 radical (unpaired) electrons. The number of nitrogens with zero attached hydrogens (tertiary/aromatic N) is 1. The molecule has 0 unspecified atom stereocenters. The van der Waals surface area contributed by atoms with Gasteiger partial charge in [-0.05, 0) is 12.1 Å². The van der Waals surface area contributed by atoms with E-state index in [9.17, 15) is 15.0 Å². The van der Waals surface area contributed by atoms with E-state index < -0.39 is 5.56 Å². The van der Waals surface area contributed by atoms with Crippen molar-refractivity contribution in [3.63, 3.8) is 0 Å². The number of aromatic hydroxyl groups is 2. The largest absolute Gasteiger partial charge is 0.507 e. The van der Waals surface area contributed by atoms with Gasteiger partial charge in [0.25, 0.3) is 5.56 Å².